The quantitative estimate of drug-likeness (QED) is 0.729. The zero-order valence-corrected chi connectivity index (χ0v) is 9.79. The normalized spacial score (nSPS) is 21.3. The van der Waals surface area contributed by atoms with Crippen LogP contribution in [0.3, 0.4) is 0 Å². The van der Waals surface area contributed by atoms with Crippen molar-refractivity contribution in [1.29, 1.82) is 0 Å². The second-order valence-electron chi connectivity index (χ2n) is 3.91. The Labute approximate surface area is 92.0 Å². The molecule has 0 aromatic heterocycles. The van der Waals surface area contributed by atoms with Crippen molar-refractivity contribution in [2.45, 2.75) is 32.7 Å². The Bertz CT molecular complexity index is 185. The number of nitrogens with zero attached hydrogens (tertiary/aromatic N) is 1. The number of carbonyl (C=O) groups is 1. The van der Waals surface area contributed by atoms with Crippen molar-refractivity contribution in [2.24, 2.45) is 0 Å². The molecule has 1 saturated heterocycles. The van der Waals surface area contributed by atoms with Gasteiger partial charge in [-0.05, 0) is 12.8 Å². The van der Waals surface area contributed by atoms with Gasteiger partial charge in [0.25, 0.3) is 0 Å². The van der Waals surface area contributed by atoms with Crippen LogP contribution in [-0.4, -0.2) is 49.7 Å². The van der Waals surface area contributed by atoms with Crippen molar-refractivity contribution in [3.05, 3.63) is 0 Å². The van der Waals surface area contributed by atoms with Gasteiger partial charge in [-0.15, -0.1) is 0 Å². The van der Waals surface area contributed by atoms with Crippen LogP contribution in [0.25, 0.3) is 0 Å². The predicted octanol–water partition coefficient (Wildman–Crippen LogP) is 0.623. The lowest BCUT2D eigenvalue weighted by Crippen LogP contribution is -2.52. The monoisotopic (exact) mass is 214 g/mol. The summed E-state index contributed by atoms with van der Waals surface area (Å²) >= 11 is 0. The number of rotatable bonds is 5. The fourth-order valence-electron chi connectivity index (χ4n) is 1.82. The van der Waals surface area contributed by atoms with Crippen LogP contribution in [0.1, 0.15) is 26.7 Å². The molecule has 0 saturated carbocycles. The van der Waals surface area contributed by atoms with Crippen LogP contribution >= 0.6 is 0 Å². The van der Waals surface area contributed by atoms with Crippen LogP contribution in [0.4, 0.5) is 0 Å². The highest BCUT2D eigenvalue weighted by Crippen LogP contribution is 2.02. The van der Waals surface area contributed by atoms with E-state index in [-0.39, 0.29) is 11.9 Å². The first kappa shape index (κ1) is 12.5. The Morgan fingerprint density at radius 3 is 2.53 bits per heavy atom. The molecule has 0 aromatic carbocycles. The number of hydrogen-bond donors (Lipinski definition) is 1. The molecule has 1 aliphatic heterocycles. The molecule has 0 spiro atoms. The van der Waals surface area contributed by atoms with E-state index in [2.05, 4.69) is 19.2 Å². The minimum absolute atomic E-state index is 0.128. The third-order valence-electron chi connectivity index (χ3n) is 2.52. The zero-order valence-electron chi connectivity index (χ0n) is 9.79. The van der Waals surface area contributed by atoms with E-state index in [1.54, 1.807) is 0 Å². The van der Waals surface area contributed by atoms with Gasteiger partial charge in [-0.25, -0.2) is 0 Å². The van der Waals surface area contributed by atoms with Crippen LogP contribution in [-0.2, 0) is 9.53 Å². The summed E-state index contributed by atoms with van der Waals surface area (Å²) in [6.07, 6.45) is 2.03. The largest absolute Gasteiger partial charge is 0.378 e. The molecule has 0 radical (unpaired) electrons. The molecule has 0 aliphatic carbocycles. The van der Waals surface area contributed by atoms with Crippen molar-refractivity contribution >= 4 is 5.91 Å². The molecule has 0 bridgehead atoms. The maximum absolute atomic E-state index is 12.1. The van der Waals surface area contributed by atoms with Gasteiger partial charge >= 0.3 is 0 Å². The summed E-state index contributed by atoms with van der Waals surface area (Å²) in [5.74, 6) is 0.193. The Morgan fingerprint density at radius 2 is 2.07 bits per heavy atom. The van der Waals surface area contributed by atoms with E-state index in [1.807, 2.05) is 4.90 Å². The maximum Gasteiger partial charge on any atom is 0.242 e. The van der Waals surface area contributed by atoms with Crippen molar-refractivity contribution in [3.8, 4) is 0 Å². The molecule has 4 nitrogen and oxygen atoms in total. The molecule has 1 heterocycles. The molecule has 1 atom stereocenters. The number of nitrogens with one attached hydrogen (secondary N) is 1. The van der Waals surface area contributed by atoms with Crippen molar-refractivity contribution in [1.82, 2.24) is 10.2 Å². The highest BCUT2D eigenvalue weighted by atomic mass is 16.5. The molecule has 4 heteroatoms. The average Bonchev–Trinajstić information content (AvgIpc) is 2.29. The van der Waals surface area contributed by atoms with E-state index >= 15 is 0 Å². The topological polar surface area (TPSA) is 41.6 Å². The van der Waals surface area contributed by atoms with Gasteiger partial charge in [0.1, 0.15) is 6.04 Å². The Kier molecular flexibility index (Phi) is 5.65. The summed E-state index contributed by atoms with van der Waals surface area (Å²) in [6, 6.07) is -0.128. The smallest absolute Gasteiger partial charge is 0.242 e. The molecule has 15 heavy (non-hydrogen) atoms. The second-order valence-corrected chi connectivity index (χ2v) is 3.91. The van der Waals surface area contributed by atoms with E-state index in [0.717, 1.165) is 32.5 Å². The Hall–Kier alpha value is -0.610. The number of hydrogen-bond acceptors (Lipinski definition) is 3. The number of amides is 1. The number of morpholine rings is 1. The molecule has 88 valence electrons. The highest BCUT2D eigenvalue weighted by Gasteiger charge is 2.25. The van der Waals surface area contributed by atoms with Crippen LogP contribution in [0, 0.1) is 0 Å². The van der Waals surface area contributed by atoms with E-state index in [4.69, 9.17) is 4.74 Å². The van der Waals surface area contributed by atoms with E-state index in [0.29, 0.717) is 13.2 Å². The minimum atomic E-state index is -0.128. The summed E-state index contributed by atoms with van der Waals surface area (Å²) < 4.78 is 5.30. The molecule has 1 unspecified atom stereocenters. The van der Waals surface area contributed by atoms with Gasteiger partial charge in [0.05, 0.1) is 13.2 Å². The molecule has 1 N–H and O–H groups in total. The second kappa shape index (κ2) is 6.80. The van der Waals surface area contributed by atoms with Crippen molar-refractivity contribution in [3.63, 3.8) is 0 Å². The summed E-state index contributed by atoms with van der Waals surface area (Å²) in [5.41, 5.74) is 0. The molecule has 1 aliphatic rings. The molecular formula is C11H22N2O2. The molecule has 1 fully saturated rings. The first-order valence-corrected chi connectivity index (χ1v) is 5.89. The van der Waals surface area contributed by atoms with Crippen molar-refractivity contribution < 1.29 is 9.53 Å². The maximum atomic E-state index is 12.1. The summed E-state index contributed by atoms with van der Waals surface area (Å²) in [5, 5.41) is 3.20. The molecule has 1 rings (SSSR count). The van der Waals surface area contributed by atoms with Crippen molar-refractivity contribution in [2.75, 3.05) is 32.8 Å². The minimum Gasteiger partial charge on any atom is -0.378 e. The van der Waals surface area contributed by atoms with Gasteiger partial charge in [-0.1, -0.05) is 13.8 Å². The van der Waals surface area contributed by atoms with E-state index < -0.39 is 0 Å². The lowest BCUT2D eigenvalue weighted by atomic mass is 10.2. The van der Waals surface area contributed by atoms with Crippen LogP contribution in [0.2, 0.25) is 0 Å². The summed E-state index contributed by atoms with van der Waals surface area (Å²) in [7, 11) is 0. The molecular weight excluding hydrogens is 192 g/mol. The standard InChI is InChI=1S/C11H22N2O2/c1-3-6-13(7-4-2)11(14)10-9-15-8-5-12-10/h10,12H,3-9H2,1-2H3. The van der Waals surface area contributed by atoms with E-state index in [9.17, 15) is 4.79 Å². The zero-order chi connectivity index (χ0) is 11.1. The lowest BCUT2D eigenvalue weighted by Gasteiger charge is -2.29. The average molecular weight is 214 g/mol. The fraction of sp³-hybridized carbons (Fsp3) is 0.909. The Morgan fingerprint density at radius 1 is 1.40 bits per heavy atom. The SMILES string of the molecule is CCCN(CCC)C(=O)C1COCCN1. The van der Waals surface area contributed by atoms with Gasteiger partial charge in [0.15, 0.2) is 0 Å². The molecule has 0 aromatic rings. The number of carbonyl (C=O) groups excluding carboxylic acids is 1. The van der Waals surface area contributed by atoms with Crippen LogP contribution < -0.4 is 5.32 Å². The van der Waals surface area contributed by atoms with Gasteiger partial charge in [0.2, 0.25) is 5.91 Å². The predicted molar refractivity (Wildman–Crippen MR) is 59.8 cm³/mol. The van der Waals surface area contributed by atoms with Crippen LogP contribution in [0.5, 0.6) is 0 Å². The summed E-state index contributed by atoms with van der Waals surface area (Å²) in [4.78, 5) is 14.0. The third kappa shape index (κ3) is 3.80. The van der Waals surface area contributed by atoms with Gasteiger partial charge in [-0.3, -0.25) is 4.79 Å². The van der Waals surface area contributed by atoms with Gasteiger partial charge in [0, 0.05) is 19.6 Å². The van der Waals surface area contributed by atoms with Gasteiger partial charge < -0.3 is 15.0 Å². The van der Waals surface area contributed by atoms with Crippen LogP contribution in [0.15, 0.2) is 0 Å². The fourth-order valence-corrected chi connectivity index (χ4v) is 1.82. The number of ether oxygens (including phenoxy) is 1. The Balaban J connectivity index is 2.45. The van der Waals surface area contributed by atoms with Gasteiger partial charge in [-0.2, -0.15) is 0 Å². The molecule has 1 amide bonds. The highest BCUT2D eigenvalue weighted by molar-refractivity contribution is 5.82. The van der Waals surface area contributed by atoms with E-state index in [1.165, 1.54) is 0 Å². The third-order valence-corrected chi connectivity index (χ3v) is 2.52. The first-order chi connectivity index (χ1) is 7.29. The summed E-state index contributed by atoms with van der Waals surface area (Å²) in [6.45, 7) is 7.91. The first-order valence-electron chi connectivity index (χ1n) is 5.89. The lowest BCUT2D eigenvalue weighted by molar-refractivity contribution is -0.136.